The number of hydrogen-bond donors (Lipinski definition) is 2. The van der Waals surface area contributed by atoms with E-state index in [1.165, 1.54) is 19.6 Å². The van der Waals surface area contributed by atoms with Gasteiger partial charge < -0.3 is 50.1 Å². The second-order valence-electron chi connectivity index (χ2n) is 10.2. The lowest BCUT2D eigenvalue weighted by Crippen LogP contribution is -2.55. The van der Waals surface area contributed by atoms with Crippen LogP contribution in [0.5, 0.6) is 5.75 Å². The SMILES string of the molecule is COc1cc(N)c(Cl)cc1C(=O)NC1CCN(CCC(C)C(=O)N2CCCCC2C)CC1OC.O=C([O-])C(=O)[O-]. The van der Waals surface area contributed by atoms with E-state index in [-0.39, 0.29) is 29.9 Å². The van der Waals surface area contributed by atoms with Crippen LogP contribution in [0.4, 0.5) is 5.69 Å². The number of halogens is 1. The van der Waals surface area contributed by atoms with Gasteiger partial charge in [0.25, 0.3) is 5.91 Å². The first-order valence-electron chi connectivity index (χ1n) is 13.3. The van der Waals surface area contributed by atoms with Crippen LogP contribution in [0.15, 0.2) is 12.1 Å². The van der Waals surface area contributed by atoms with E-state index in [0.29, 0.717) is 34.6 Å². The van der Waals surface area contributed by atoms with Crippen molar-refractivity contribution < 1.29 is 38.9 Å². The number of benzene rings is 1. The molecule has 2 amide bonds. The number of anilines is 1. The van der Waals surface area contributed by atoms with Crippen LogP contribution in [0.3, 0.4) is 0 Å². The maximum absolute atomic E-state index is 13.0. The first-order chi connectivity index (χ1) is 18.9. The predicted molar refractivity (Wildman–Crippen MR) is 144 cm³/mol. The van der Waals surface area contributed by atoms with E-state index in [4.69, 9.17) is 46.6 Å². The molecule has 4 unspecified atom stereocenters. The first-order valence-corrected chi connectivity index (χ1v) is 13.7. The molecule has 3 rings (SSSR count). The van der Waals surface area contributed by atoms with Gasteiger partial charge in [-0.1, -0.05) is 18.5 Å². The summed E-state index contributed by atoms with van der Waals surface area (Å²) in [6.07, 6.45) is 4.83. The Hall–Kier alpha value is -3.09. The monoisotopic (exact) mass is 582 g/mol. The van der Waals surface area contributed by atoms with Crippen molar-refractivity contribution in [1.82, 2.24) is 15.1 Å². The summed E-state index contributed by atoms with van der Waals surface area (Å²) in [6.45, 7) is 7.42. The van der Waals surface area contributed by atoms with Gasteiger partial charge in [0.2, 0.25) is 5.91 Å². The molecule has 12 nitrogen and oxygen atoms in total. The van der Waals surface area contributed by atoms with Gasteiger partial charge in [-0.3, -0.25) is 9.59 Å². The summed E-state index contributed by atoms with van der Waals surface area (Å²) >= 11 is 6.13. The topological polar surface area (TPSA) is 177 Å². The third kappa shape index (κ3) is 9.24. The van der Waals surface area contributed by atoms with E-state index in [1.54, 1.807) is 13.2 Å². The van der Waals surface area contributed by atoms with Gasteiger partial charge in [-0.2, -0.15) is 0 Å². The van der Waals surface area contributed by atoms with E-state index in [0.717, 1.165) is 45.3 Å². The standard InChI is InChI=1S/C25H39ClN4O4.C2H2O4/c1-16(25(32)30-10-6-5-7-17(30)2)8-11-29-12-9-21(23(15-29)34-4)28-24(31)18-13-19(26)20(27)14-22(18)33-3;3-1(4)2(5)6/h13-14,16-17,21,23H,5-12,15,27H2,1-4H3,(H,28,31);(H,3,4)(H,5,6)/p-2. The Balaban J connectivity index is 0.000000840. The summed E-state index contributed by atoms with van der Waals surface area (Å²) in [7, 11) is 3.16. The zero-order chi connectivity index (χ0) is 30.0. The summed E-state index contributed by atoms with van der Waals surface area (Å²) < 4.78 is 11.0. The maximum Gasteiger partial charge on any atom is 0.255 e. The molecule has 1 aromatic rings. The number of nitrogens with zero attached hydrogens (tertiary/aromatic N) is 2. The molecule has 40 heavy (non-hydrogen) atoms. The largest absolute Gasteiger partial charge is 0.543 e. The zero-order valence-corrected chi connectivity index (χ0v) is 24.2. The smallest absolute Gasteiger partial charge is 0.255 e. The molecule has 224 valence electrons. The van der Waals surface area contributed by atoms with Gasteiger partial charge in [0, 0.05) is 44.8 Å². The molecule has 2 saturated heterocycles. The highest BCUT2D eigenvalue weighted by Crippen LogP contribution is 2.29. The molecule has 4 atom stereocenters. The van der Waals surface area contributed by atoms with Crippen LogP contribution in [0.2, 0.25) is 5.02 Å². The number of nitrogen functional groups attached to an aromatic ring is 1. The van der Waals surface area contributed by atoms with Crippen LogP contribution in [0, 0.1) is 5.92 Å². The number of nitrogens with two attached hydrogens (primary N) is 1. The number of rotatable bonds is 8. The Morgan fingerprint density at radius 1 is 1.12 bits per heavy atom. The van der Waals surface area contributed by atoms with Crippen molar-refractivity contribution in [3.63, 3.8) is 0 Å². The number of carboxylic acids is 2. The normalized spacial score (nSPS) is 21.9. The fraction of sp³-hybridized carbons (Fsp3) is 0.630. The molecule has 0 aromatic heterocycles. The summed E-state index contributed by atoms with van der Waals surface area (Å²) in [5.74, 6) is -3.98. The molecule has 13 heteroatoms. The van der Waals surface area contributed by atoms with E-state index >= 15 is 0 Å². The Labute approximate surface area is 239 Å². The van der Waals surface area contributed by atoms with Gasteiger partial charge in [-0.05, 0) is 51.6 Å². The molecule has 2 aliphatic heterocycles. The third-order valence-corrected chi connectivity index (χ3v) is 7.71. The molecule has 0 saturated carbocycles. The number of carboxylic acid groups (broad SMARTS) is 2. The van der Waals surface area contributed by atoms with Crippen molar-refractivity contribution in [2.45, 2.75) is 64.1 Å². The molecular weight excluding hydrogens is 544 g/mol. The highest BCUT2D eigenvalue weighted by atomic mass is 35.5. The van der Waals surface area contributed by atoms with E-state index in [9.17, 15) is 9.59 Å². The Morgan fingerprint density at radius 2 is 1.80 bits per heavy atom. The molecule has 2 fully saturated rings. The molecule has 3 N–H and O–H groups in total. The lowest BCUT2D eigenvalue weighted by Gasteiger charge is -2.39. The minimum atomic E-state index is -2.19. The fourth-order valence-electron chi connectivity index (χ4n) is 4.96. The number of likely N-dealkylation sites (tertiary alicyclic amines) is 2. The number of piperidine rings is 2. The summed E-state index contributed by atoms with van der Waals surface area (Å²) in [6, 6.07) is 3.29. The highest BCUT2D eigenvalue weighted by Gasteiger charge is 2.32. The molecule has 2 heterocycles. The van der Waals surface area contributed by atoms with Crippen LogP contribution in [-0.4, -0.2) is 92.1 Å². The second-order valence-corrected chi connectivity index (χ2v) is 10.6. The molecule has 0 bridgehead atoms. The quantitative estimate of drug-likeness (QED) is 0.304. The number of hydrogen-bond acceptors (Lipinski definition) is 10. The number of ether oxygens (including phenoxy) is 2. The van der Waals surface area contributed by atoms with E-state index < -0.39 is 11.9 Å². The zero-order valence-electron chi connectivity index (χ0n) is 23.4. The van der Waals surface area contributed by atoms with Crippen molar-refractivity contribution in [2.75, 3.05) is 46.1 Å². The number of aliphatic carboxylic acids is 2. The lowest BCUT2D eigenvalue weighted by atomic mass is 9.97. The van der Waals surface area contributed by atoms with Crippen LogP contribution in [-0.2, 0) is 19.1 Å². The summed E-state index contributed by atoms with van der Waals surface area (Å²) in [4.78, 5) is 48.1. The van der Waals surface area contributed by atoms with Gasteiger partial charge >= 0.3 is 0 Å². The summed E-state index contributed by atoms with van der Waals surface area (Å²) in [5, 5.41) is 21.2. The van der Waals surface area contributed by atoms with Gasteiger partial charge in [-0.15, -0.1) is 0 Å². The number of carbonyl (C=O) groups is 4. The Morgan fingerprint density at radius 3 is 2.38 bits per heavy atom. The minimum Gasteiger partial charge on any atom is -0.543 e. The van der Waals surface area contributed by atoms with Gasteiger partial charge in [0.05, 0.1) is 47.5 Å². The number of amides is 2. The van der Waals surface area contributed by atoms with Crippen LogP contribution >= 0.6 is 11.6 Å². The first kappa shape index (κ1) is 33.1. The van der Waals surface area contributed by atoms with Crippen LogP contribution in [0.25, 0.3) is 0 Å². The number of methoxy groups -OCH3 is 2. The maximum atomic E-state index is 13.0. The summed E-state index contributed by atoms with van der Waals surface area (Å²) in [5.41, 5.74) is 6.54. The highest BCUT2D eigenvalue weighted by molar-refractivity contribution is 6.33. The predicted octanol–water partition coefficient (Wildman–Crippen LogP) is -0.337. The number of carbonyl (C=O) groups excluding carboxylic acids is 4. The molecule has 0 aliphatic carbocycles. The van der Waals surface area contributed by atoms with Crippen molar-refractivity contribution in [1.29, 1.82) is 0 Å². The van der Waals surface area contributed by atoms with Crippen molar-refractivity contribution >= 4 is 41.0 Å². The Bertz CT molecular complexity index is 1040. The van der Waals surface area contributed by atoms with Crippen molar-refractivity contribution in [3.05, 3.63) is 22.7 Å². The molecule has 0 spiro atoms. The molecule has 2 aliphatic rings. The van der Waals surface area contributed by atoms with Crippen LogP contribution < -0.4 is 26.0 Å². The van der Waals surface area contributed by atoms with E-state index in [2.05, 4.69) is 22.0 Å². The average molecular weight is 583 g/mol. The molecule has 0 radical (unpaired) electrons. The van der Waals surface area contributed by atoms with Gasteiger partial charge in [0.1, 0.15) is 5.75 Å². The van der Waals surface area contributed by atoms with Crippen LogP contribution in [0.1, 0.15) is 56.3 Å². The van der Waals surface area contributed by atoms with Gasteiger partial charge in [0.15, 0.2) is 0 Å². The fourth-order valence-corrected chi connectivity index (χ4v) is 5.12. The average Bonchev–Trinajstić information content (AvgIpc) is 2.93. The molecule has 1 aromatic carbocycles. The van der Waals surface area contributed by atoms with E-state index in [1.807, 2.05) is 6.92 Å². The number of nitrogens with one attached hydrogen (secondary N) is 1. The van der Waals surface area contributed by atoms with Crippen molar-refractivity contribution in [3.8, 4) is 5.75 Å². The third-order valence-electron chi connectivity index (χ3n) is 7.38. The minimum absolute atomic E-state index is 0.00158. The lowest BCUT2D eigenvalue weighted by molar-refractivity contribution is -0.345. The molecular formula is C27H39ClN4O8-2. The van der Waals surface area contributed by atoms with Gasteiger partial charge in [-0.25, -0.2) is 0 Å². The van der Waals surface area contributed by atoms with Crippen molar-refractivity contribution in [2.24, 2.45) is 5.92 Å². The second kappa shape index (κ2) is 15.6. The Kier molecular flexibility index (Phi) is 12.9.